The first-order valence-corrected chi connectivity index (χ1v) is 9.44. The summed E-state index contributed by atoms with van der Waals surface area (Å²) >= 11 is 0. The normalized spacial score (nSPS) is 38.1. The fourth-order valence-corrected chi connectivity index (χ4v) is 6.17. The fraction of sp³-hybridized carbons (Fsp3) is 0.455. The molecule has 3 heteroatoms. The highest BCUT2D eigenvalue weighted by atomic mass is 16.7. The Kier molecular flexibility index (Phi) is 2.74. The van der Waals surface area contributed by atoms with Gasteiger partial charge in [-0.05, 0) is 42.4 Å². The zero-order valence-electron chi connectivity index (χ0n) is 14.3. The predicted molar refractivity (Wildman–Crippen MR) is 93.1 cm³/mol. The van der Waals surface area contributed by atoms with E-state index in [-0.39, 0.29) is 11.0 Å². The molecule has 2 aromatic rings. The van der Waals surface area contributed by atoms with Gasteiger partial charge in [0.05, 0.1) is 18.6 Å². The molecular formula is C22H22O3. The molecule has 0 bridgehead atoms. The number of hydrogen-bond acceptors (Lipinski definition) is 3. The van der Waals surface area contributed by atoms with Gasteiger partial charge in [-0.15, -0.1) is 0 Å². The van der Waals surface area contributed by atoms with Crippen LogP contribution in [0.5, 0.6) is 0 Å². The number of rotatable bonds is 0. The van der Waals surface area contributed by atoms with Crippen molar-refractivity contribution < 1.29 is 14.2 Å². The van der Waals surface area contributed by atoms with Crippen LogP contribution in [0.2, 0.25) is 0 Å². The second-order valence-corrected chi connectivity index (χ2v) is 7.74. The van der Waals surface area contributed by atoms with Gasteiger partial charge in [0, 0.05) is 12.2 Å². The molecule has 2 fully saturated rings. The Labute approximate surface area is 147 Å². The third-order valence-electron chi connectivity index (χ3n) is 6.90. The molecule has 0 amide bonds. The van der Waals surface area contributed by atoms with Crippen molar-refractivity contribution in [2.24, 2.45) is 0 Å². The zero-order valence-corrected chi connectivity index (χ0v) is 14.3. The number of fused-ring (bicyclic) bond motifs is 3. The highest BCUT2D eigenvalue weighted by Gasteiger charge is 2.76. The molecule has 128 valence electrons. The molecule has 2 aromatic carbocycles. The van der Waals surface area contributed by atoms with Gasteiger partial charge in [-0.3, -0.25) is 0 Å². The van der Waals surface area contributed by atoms with Crippen molar-refractivity contribution in [1.82, 2.24) is 0 Å². The SMILES string of the molecule is c1ccc2c(c1)CO[C@]13OCCC[C@]21[C@]1(CCCO1)c1ccccc13. The Balaban J connectivity index is 1.76. The van der Waals surface area contributed by atoms with Gasteiger partial charge in [0.25, 0.3) is 0 Å². The van der Waals surface area contributed by atoms with Crippen molar-refractivity contribution >= 4 is 0 Å². The third kappa shape index (κ3) is 1.43. The smallest absolute Gasteiger partial charge is 0.208 e. The summed E-state index contributed by atoms with van der Waals surface area (Å²) in [5.74, 6) is -0.708. The van der Waals surface area contributed by atoms with Crippen molar-refractivity contribution in [1.29, 1.82) is 0 Å². The second-order valence-electron chi connectivity index (χ2n) is 7.74. The van der Waals surface area contributed by atoms with E-state index in [0.29, 0.717) is 6.61 Å². The van der Waals surface area contributed by atoms with Crippen LogP contribution < -0.4 is 0 Å². The lowest BCUT2D eigenvalue weighted by Gasteiger charge is -2.57. The van der Waals surface area contributed by atoms with E-state index in [0.717, 1.165) is 38.9 Å². The summed E-state index contributed by atoms with van der Waals surface area (Å²) in [6.45, 7) is 2.16. The molecule has 3 aliphatic heterocycles. The molecule has 2 saturated heterocycles. The van der Waals surface area contributed by atoms with E-state index in [1.54, 1.807) is 0 Å². The lowest BCUT2D eigenvalue weighted by Crippen LogP contribution is -2.62. The second kappa shape index (κ2) is 4.73. The maximum Gasteiger partial charge on any atom is 0.208 e. The van der Waals surface area contributed by atoms with Gasteiger partial charge < -0.3 is 14.2 Å². The molecule has 1 aliphatic carbocycles. The summed E-state index contributed by atoms with van der Waals surface area (Å²) in [6, 6.07) is 17.4. The molecule has 0 saturated carbocycles. The first kappa shape index (κ1) is 14.5. The average Bonchev–Trinajstić information content (AvgIpc) is 3.26. The number of ether oxygens (including phenoxy) is 3. The Morgan fingerprint density at radius 3 is 2.24 bits per heavy atom. The van der Waals surface area contributed by atoms with E-state index < -0.39 is 5.79 Å². The van der Waals surface area contributed by atoms with Crippen LogP contribution in [0.25, 0.3) is 0 Å². The monoisotopic (exact) mass is 334 g/mol. The van der Waals surface area contributed by atoms with Gasteiger partial charge in [0.2, 0.25) is 5.79 Å². The molecule has 4 aliphatic rings. The fourth-order valence-electron chi connectivity index (χ4n) is 6.17. The van der Waals surface area contributed by atoms with Gasteiger partial charge in [0.1, 0.15) is 5.60 Å². The minimum Gasteiger partial charge on any atom is -0.369 e. The van der Waals surface area contributed by atoms with E-state index in [9.17, 15) is 0 Å². The molecule has 3 heterocycles. The minimum absolute atomic E-state index is 0.284. The van der Waals surface area contributed by atoms with Crippen molar-refractivity contribution in [3.8, 4) is 0 Å². The summed E-state index contributed by atoms with van der Waals surface area (Å²) in [4.78, 5) is 0. The lowest BCUT2D eigenvalue weighted by molar-refractivity contribution is -0.340. The highest BCUT2D eigenvalue weighted by molar-refractivity contribution is 5.57. The summed E-state index contributed by atoms with van der Waals surface area (Å²) < 4.78 is 19.8. The molecule has 0 aromatic heterocycles. The van der Waals surface area contributed by atoms with Gasteiger partial charge in [-0.25, -0.2) is 0 Å². The van der Waals surface area contributed by atoms with Gasteiger partial charge in [0.15, 0.2) is 0 Å². The van der Waals surface area contributed by atoms with E-state index >= 15 is 0 Å². The molecule has 6 rings (SSSR count). The largest absolute Gasteiger partial charge is 0.369 e. The van der Waals surface area contributed by atoms with Crippen molar-refractivity contribution in [2.45, 2.75) is 49.1 Å². The van der Waals surface area contributed by atoms with Crippen LogP contribution in [-0.4, -0.2) is 13.2 Å². The number of hydrogen-bond donors (Lipinski definition) is 0. The van der Waals surface area contributed by atoms with Gasteiger partial charge in [-0.1, -0.05) is 48.5 Å². The quantitative estimate of drug-likeness (QED) is 0.725. The molecule has 1 spiro atoms. The van der Waals surface area contributed by atoms with Crippen LogP contribution in [0.3, 0.4) is 0 Å². The first-order chi connectivity index (χ1) is 12.3. The molecule has 0 N–H and O–H groups in total. The molecular weight excluding hydrogens is 312 g/mol. The Morgan fingerprint density at radius 2 is 1.40 bits per heavy atom. The van der Waals surface area contributed by atoms with E-state index in [1.807, 2.05) is 0 Å². The van der Waals surface area contributed by atoms with Crippen LogP contribution in [-0.2, 0) is 37.6 Å². The maximum absolute atomic E-state index is 6.65. The van der Waals surface area contributed by atoms with Crippen LogP contribution in [0.4, 0.5) is 0 Å². The maximum atomic E-state index is 6.65. The van der Waals surface area contributed by atoms with Crippen molar-refractivity contribution in [2.75, 3.05) is 13.2 Å². The highest BCUT2D eigenvalue weighted by Crippen LogP contribution is 2.71. The molecule has 3 atom stereocenters. The molecule has 25 heavy (non-hydrogen) atoms. The lowest BCUT2D eigenvalue weighted by atomic mass is 9.59. The third-order valence-corrected chi connectivity index (χ3v) is 6.90. The van der Waals surface area contributed by atoms with Gasteiger partial charge in [-0.2, -0.15) is 0 Å². The van der Waals surface area contributed by atoms with Gasteiger partial charge >= 0.3 is 0 Å². The Morgan fingerprint density at radius 1 is 0.680 bits per heavy atom. The Bertz CT molecular complexity index is 839. The zero-order chi connectivity index (χ0) is 16.5. The van der Waals surface area contributed by atoms with Crippen LogP contribution >= 0.6 is 0 Å². The predicted octanol–water partition coefficient (Wildman–Crippen LogP) is 4.14. The van der Waals surface area contributed by atoms with Crippen molar-refractivity contribution in [3.05, 3.63) is 70.8 Å². The minimum atomic E-state index is -0.708. The Hall–Kier alpha value is -1.68. The molecule has 0 radical (unpaired) electrons. The molecule has 0 unspecified atom stereocenters. The molecule has 3 nitrogen and oxygen atoms in total. The summed E-state index contributed by atoms with van der Waals surface area (Å²) in [5.41, 5.74) is 4.51. The van der Waals surface area contributed by atoms with E-state index in [4.69, 9.17) is 14.2 Å². The van der Waals surface area contributed by atoms with E-state index in [2.05, 4.69) is 48.5 Å². The standard InChI is InChI=1S/C22H22O3/c1-2-8-17-16(7-1)15-25-22-19-10-4-3-9-18(19)21(12-6-13-23-21)20(17,22)11-5-14-24-22/h1-4,7-10H,5-6,11-15H2/t20-,21+,22+/m1/s1. The summed E-state index contributed by atoms with van der Waals surface area (Å²) in [6.07, 6.45) is 4.21. The van der Waals surface area contributed by atoms with E-state index in [1.165, 1.54) is 22.3 Å². The van der Waals surface area contributed by atoms with Crippen LogP contribution in [0, 0.1) is 0 Å². The topological polar surface area (TPSA) is 27.7 Å². The van der Waals surface area contributed by atoms with Crippen molar-refractivity contribution in [3.63, 3.8) is 0 Å². The van der Waals surface area contributed by atoms with Crippen LogP contribution in [0.15, 0.2) is 48.5 Å². The summed E-state index contributed by atoms with van der Waals surface area (Å²) in [5, 5.41) is 0. The first-order valence-electron chi connectivity index (χ1n) is 9.44. The number of benzene rings is 2. The average molecular weight is 334 g/mol. The summed E-state index contributed by atoms with van der Waals surface area (Å²) in [7, 11) is 0. The van der Waals surface area contributed by atoms with Crippen LogP contribution in [0.1, 0.15) is 47.9 Å².